The minimum Gasteiger partial charge on any atom is -0.379 e. The van der Waals surface area contributed by atoms with Crippen LogP contribution in [0.3, 0.4) is 0 Å². The second kappa shape index (κ2) is 19.4. The molecule has 3 rings (SSSR count). The minimum atomic E-state index is -4.94. The number of fused-ring (bicyclic) bond motifs is 1. The molecule has 2 saturated heterocycles. The zero-order valence-corrected chi connectivity index (χ0v) is 27.8. The van der Waals surface area contributed by atoms with Gasteiger partial charge in [0, 0.05) is 32.7 Å². The SMILES string of the molecule is CC.CC(C)C.CC1(C)C2CN(C(=O)CNC(=O)C(F)(F)F)CC21.COC(C)(C)C.N#CC(CC1CCNC1=O)NC=O. The quantitative estimate of drug-likeness (QED) is 0.383. The smallest absolute Gasteiger partial charge is 0.379 e. The van der Waals surface area contributed by atoms with Gasteiger partial charge in [-0.1, -0.05) is 48.5 Å². The number of alkyl halides is 3. The third-order valence-electron chi connectivity index (χ3n) is 6.85. The molecule has 0 aromatic heterocycles. The number of hydrogen-bond acceptors (Lipinski definition) is 6. The number of carbonyl (C=O) groups is 4. The summed E-state index contributed by atoms with van der Waals surface area (Å²) in [6.45, 7) is 22.1. The number of ether oxygens (including phenoxy) is 1. The number of likely N-dealkylation sites (tertiary alicyclic amines) is 1. The molecule has 0 spiro atoms. The summed E-state index contributed by atoms with van der Waals surface area (Å²) in [5.41, 5.74) is 0.284. The van der Waals surface area contributed by atoms with Gasteiger partial charge in [0.1, 0.15) is 6.04 Å². The average Bonchev–Trinajstić information content (AvgIpc) is 3.30. The van der Waals surface area contributed by atoms with Crippen molar-refractivity contribution < 1.29 is 37.1 Å². The lowest BCUT2D eigenvalue weighted by molar-refractivity contribution is -0.174. The Morgan fingerprint density at radius 1 is 1.16 bits per heavy atom. The molecule has 250 valence electrons. The molecule has 43 heavy (non-hydrogen) atoms. The third-order valence-corrected chi connectivity index (χ3v) is 6.85. The van der Waals surface area contributed by atoms with Crippen LogP contribution in [0.15, 0.2) is 0 Å². The predicted octanol–water partition coefficient (Wildman–Crippen LogP) is 4.05. The number of nitrogens with zero attached hydrogens (tertiary/aromatic N) is 2. The van der Waals surface area contributed by atoms with Crippen LogP contribution >= 0.6 is 0 Å². The van der Waals surface area contributed by atoms with Gasteiger partial charge in [0.2, 0.25) is 18.2 Å². The Morgan fingerprint density at radius 3 is 1.95 bits per heavy atom. The maximum absolute atomic E-state index is 11.9. The number of carbonyl (C=O) groups excluding carboxylic acids is 4. The highest BCUT2D eigenvalue weighted by atomic mass is 19.4. The summed E-state index contributed by atoms with van der Waals surface area (Å²) in [5.74, 6) is -0.944. The molecule has 4 unspecified atom stereocenters. The molecule has 2 aliphatic heterocycles. The highest BCUT2D eigenvalue weighted by molar-refractivity contribution is 5.87. The summed E-state index contributed by atoms with van der Waals surface area (Å²) in [6.07, 6.45) is -3.30. The Bertz CT molecular complexity index is 897. The largest absolute Gasteiger partial charge is 0.471 e. The van der Waals surface area contributed by atoms with E-state index in [1.54, 1.807) is 12.4 Å². The van der Waals surface area contributed by atoms with Crippen molar-refractivity contribution in [3.05, 3.63) is 0 Å². The van der Waals surface area contributed by atoms with Crippen LogP contribution in [0.5, 0.6) is 0 Å². The lowest BCUT2D eigenvalue weighted by Crippen LogP contribution is -2.44. The van der Waals surface area contributed by atoms with Crippen LogP contribution < -0.4 is 16.0 Å². The van der Waals surface area contributed by atoms with Gasteiger partial charge in [-0.25, -0.2) is 0 Å². The molecular formula is C30H54F3N5O5. The van der Waals surface area contributed by atoms with Crippen molar-refractivity contribution in [1.29, 1.82) is 5.26 Å². The molecule has 0 aromatic carbocycles. The zero-order valence-electron chi connectivity index (χ0n) is 27.8. The molecule has 4 amide bonds. The molecule has 4 atom stereocenters. The van der Waals surface area contributed by atoms with E-state index in [1.807, 2.05) is 40.7 Å². The first-order valence-electron chi connectivity index (χ1n) is 14.8. The molecule has 3 aliphatic rings. The molecule has 3 fully saturated rings. The minimum absolute atomic E-state index is 0.0204. The van der Waals surface area contributed by atoms with Crippen molar-refractivity contribution >= 4 is 24.1 Å². The van der Waals surface area contributed by atoms with Gasteiger partial charge in [-0.3, -0.25) is 19.2 Å². The Morgan fingerprint density at radius 2 is 1.63 bits per heavy atom. The van der Waals surface area contributed by atoms with Gasteiger partial charge in [0.25, 0.3) is 0 Å². The van der Waals surface area contributed by atoms with Gasteiger partial charge in [-0.15, -0.1) is 0 Å². The fourth-order valence-corrected chi connectivity index (χ4v) is 4.10. The standard InChI is InChI=1S/C11H15F3N2O2.C8H11N3O2.C5H12O.C4H10.C2H6/c1-10(2)6-4-16(5-7(6)10)8(17)3-15-9(18)11(12,13)14;9-4-7(11-5-12)3-6-1-2-10-8(6)13;1-5(2,3)6-4;1-4(2)3;1-2/h6-7H,3-5H2,1-2H3,(H,15,18);5-7H,1-3H2,(H,10,13)(H,11,12);1-4H3;4H,1-3H3;1-2H3. The number of nitrogens with one attached hydrogen (secondary N) is 3. The van der Waals surface area contributed by atoms with Crippen molar-refractivity contribution in [3.8, 4) is 6.07 Å². The van der Waals surface area contributed by atoms with Crippen LogP contribution in [0.1, 0.15) is 82.1 Å². The van der Waals surface area contributed by atoms with Crippen molar-refractivity contribution in [3.63, 3.8) is 0 Å². The molecule has 0 aromatic rings. The second-order valence-electron chi connectivity index (χ2n) is 12.5. The number of hydrogen-bond donors (Lipinski definition) is 3. The van der Waals surface area contributed by atoms with E-state index in [0.717, 1.165) is 12.3 Å². The number of amides is 4. The van der Waals surface area contributed by atoms with E-state index in [4.69, 9.17) is 10.00 Å². The van der Waals surface area contributed by atoms with E-state index in [2.05, 4.69) is 45.3 Å². The van der Waals surface area contributed by atoms with Crippen molar-refractivity contribution in [2.75, 3.05) is 33.3 Å². The fourth-order valence-electron chi connectivity index (χ4n) is 4.10. The highest BCUT2D eigenvalue weighted by Gasteiger charge is 2.62. The first kappa shape index (κ1) is 42.3. The number of piperidine rings is 1. The van der Waals surface area contributed by atoms with E-state index >= 15 is 0 Å². The molecule has 1 aliphatic carbocycles. The molecular weight excluding hydrogens is 567 g/mol. The van der Waals surface area contributed by atoms with Gasteiger partial charge in [0.05, 0.1) is 18.2 Å². The van der Waals surface area contributed by atoms with Crippen LogP contribution in [0.2, 0.25) is 0 Å². The topological polar surface area (TPSA) is 141 Å². The van der Waals surface area contributed by atoms with E-state index < -0.39 is 30.6 Å². The van der Waals surface area contributed by atoms with E-state index in [9.17, 15) is 32.3 Å². The van der Waals surface area contributed by atoms with Crippen molar-refractivity contribution in [2.45, 2.75) is 99.9 Å². The number of halogens is 3. The summed E-state index contributed by atoms with van der Waals surface area (Å²) < 4.78 is 40.7. The fraction of sp³-hybridized carbons (Fsp3) is 0.833. The second-order valence-corrected chi connectivity index (χ2v) is 12.5. The van der Waals surface area contributed by atoms with Gasteiger partial charge in [-0.2, -0.15) is 18.4 Å². The van der Waals surface area contributed by atoms with Crippen LogP contribution in [-0.4, -0.2) is 80.1 Å². The molecule has 0 bridgehead atoms. The summed E-state index contributed by atoms with van der Waals surface area (Å²) in [4.78, 5) is 44.8. The van der Waals surface area contributed by atoms with Crippen molar-refractivity contribution in [2.24, 2.45) is 29.1 Å². The number of rotatable bonds is 6. The van der Waals surface area contributed by atoms with E-state index in [1.165, 1.54) is 4.90 Å². The number of nitriles is 1. The van der Waals surface area contributed by atoms with Crippen LogP contribution in [-0.2, 0) is 23.9 Å². The van der Waals surface area contributed by atoms with Crippen LogP contribution in [0, 0.1) is 40.4 Å². The third kappa shape index (κ3) is 17.1. The van der Waals surface area contributed by atoms with E-state index in [-0.39, 0.29) is 22.8 Å². The normalized spacial score (nSPS) is 21.7. The predicted molar refractivity (Wildman–Crippen MR) is 159 cm³/mol. The lowest BCUT2D eigenvalue weighted by Gasteiger charge is -2.22. The number of methoxy groups -OCH3 is 1. The highest BCUT2D eigenvalue weighted by Crippen LogP contribution is 2.61. The molecule has 13 heteroatoms. The monoisotopic (exact) mass is 621 g/mol. The van der Waals surface area contributed by atoms with Gasteiger partial charge in [-0.05, 0) is 56.8 Å². The molecule has 2 heterocycles. The van der Waals surface area contributed by atoms with Crippen LogP contribution in [0.4, 0.5) is 13.2 Å². The summed E-state index contributed by atoms with van der Waals surface area (Å²) in [5, 5.41) is 15.2. The molecule has 1 saturated carbocycles. The Kier molecular flexibility index (Phi) is 19.1. The average molecular weight is 622 g/mol. The zero-order chi connectivity index (χ0) is 34.2. The Labute approximate surface area is 255 Å². The van der Waals surface area contributed by atoms with Gasteiger partial charge < -0.3 is 25.6 Å². The van der Waals surface area contributed by atoms with E-state index in [0.29, 0.717) is 44.3 Å². The van der Waals surface area contributed by atoms with Crippen LogP contribution in [0.25, 0.3) is 0 Å². The summed E-state index contributed by atoms with van der Waals surface area (Å²) in [7, 11) is 1.71. The summed E-state index contributed by atoms with van der Waals surface area (Å²) in [6, 6.07) is 1.38. The van der Waals surface area contributed by atoms with Gasteiger partial charge in [0.15, 0.2) is 0 Å². The molecule has 0 radical (unpaired) electrons. The first-order chi connectivity index (χ1) is 19.7. The Hall–Kier alpha value is -2.88. The van der Waals surface area contributed by atoms with Crippen molar-refractivity contribution in [1.82, 2.24) is 20.9 Å². The Balaban J connectivity index is 0. The lowest BCUT2D eigenvalue weighted by atomic mass is 9.99. The first-order valence-corrected chi connectivity index (χ1v) is 14.8. The maximum atomic E-state index is 11.9. The molecule has 3 N–H and O–H groups in total. The molecule has 10 nitrogen and oxygen atoms in total. The van der Waals surface area contributed by atoms with Gasteiger partial charge >= 0.3 is 12.1 Å². The summed E-state index contributed by atoms with van der Waals surface area (Å²) >= 11 is 0. The maximum Gasteiger partial charge on any atom is 0.471 e.